The van der Waals surface area contributed by atoms with E-state index in [-0.39, 0.29) is 5.82 Å². The lowest BCUT2D eigenvalue weighted by atomic mass is 9.98. The summed E-state index contributed by atoms with van der Waals surface area (Å²) in [4.78, 5) is 0. The molecule has 188 valence electrons. The van der Waals surface area contributed by atoms with Crippen LogP contribution >= 0.6 is 0 Å². The van der Waals surface area contributed by atoms with Gasteiger partial charge in [-0.25, -0.2) is 8.78 Å². The minimum absolute atomic E-state index is 0.296. The molecule has 37 heavy (non-hydrogen) atoms. The molecule has 0 fully saturated rings. The van der Waals surface area contributed by atoms with E-state index in [0.717, 1.165) is 41.5 Å². The van der Waals surface area contributed by atoms with Crippen LogP contribution in [0.3, 0.4) is 0 Å². The molecule has 0 nitrogen and oxygen atoms in total. The van der Waals surface area contributed by atoms with E-state index in [1.54, 1.807) is 18.2 Å². The molecule has 0 radical (unpaired) electrons. The molecule has 0 aromatic heterocycles. The third kappa shape index (κ3) is 7.07. The van der Waals surface area contributed by atoms with E-state index in [1.807, 2.05) is 30.3 Å². The van der Waals surface area contributed by atoms with Gasteiger partial charge in [0.05, 0.1) is 6.42 Å². The van der Waals surface area contributed by atoms with E-state index in [0.29, 0.717) is 29.4 Å². The molecule has 5 heteroatoms. The second-order valence-corrected chi connectivity index (χ2v) is 8.97. The molecule has 0 aliphatic heterocycles. The Balaban J connectivity index is 1.45. The van der Waals surface area contributed by atoms with Crippen LogP contribution in [-0.2, 0) is 25.7 Å². The van der Waals surface area contributed by atoms with Gasteiger partial charge >= 0.3 is 6.18 Å². The molecule has 0 unspecified atom stereocenters. The van der Waals surface area contributed by atoms with Crippen LogP contribution < -0.4 is 0 Å². The van der Waals surface area contributed by atoms with Crippen molar-refractivity contribution in [3.05, 3.63) is 130 Å². The molecule has 4 rings (SSSR count). The first-order valence-electron chi connectivity index (χ1n) is 12.0. The summed E-state index contributed by atoms with van der Waals surface area (Å²) in [6, 6.07) is 20.6. The molecule has 0 saturated heterocycles. The Kier molecular flexibility index (Phi) is 8.08. The molecule has 0 bridgehead atoms. The molecule has 4 aromatic rings. The first kappa shape index (κ1) is 26.2. The Labute approximate surface area is 213 Å². The standard InChI is InChI=1S/C32H25F5/c1-2-3-4-22-5-7-23(8-6-22)9-10-24-13-18-29-27(19-24)17-16-26(31(29)34)14-11-25-12-15-28(30(33)20-25)21-32(35,36)37/h2,5-8,12-13,15-20H,1,3-4,11,14,21H2. The average Bonchev–Trinajstić information content (AvgIpc) is 2.87. The van der Waals surface area contributed by atoms with Crippen LogP contribution in [0.5, 0.6) is 0 Å². The van der Waals surface area contributed by atoms with E-state index in [9.17, 15) is 17.6 Å². The van der Waals surface area contributed by atoms with Crippen LogP contribution in [0.1, 0.15) is 39.8 Å². The molecule has 4 aromatic carbocycles. The maximum Gasteiger partial charge on any atom is 0.393 e. The lowest BCUT2D eigenvalue weighted by Gasteiger charge is -2.10. The van der Waals surface area contributed by atoms with Gasteiger partial charge in [0.2, 0.25) is 0 Å². The first-order valence-corrected chi connectivity index (χ1v) is 12.0. The van der Waals surface area contributed by atoms with Gasteiger partial charge in [0, 0.05) is 16.5 Å². The van der Waals surface area contributed by atoms with Crippen LogP contribution in [0.4, 0.5) is 22.0 Å². The van der Waals surface area contributed by atoms with Gasteiger partial charge in [-0.2, -0.15) is 13.2 Å². The van der Waals surface area contributed by atoms with Crippen LogP contribution in [-0.4, -0.2) is 6.18 Å². The first-order chi connectivity index (χ1) is 17.7. The topological polar surface area (TPSA) is 0 Å². The summed E-state index contributed by atoms with van der Waals surface area (Å²) in [5, 5.41) is 1.18. The molecule has 0 aliphatic rings. The molecule has 0 N–H and O–H groups in total. The number of alkyl halides is 3. The quantitative estimate of drug-likeness (QED) is 0.134. The summed E-state index contributed by atoms with van der Waals surface area (Å²) in [6.45, 7) is 3.74. The zero-order valence-corrected chi connectivity index (χ0v) is 20.1. The highest BCUT2D eigenvalue weighted by Gasteiger charge is 2.29. The molecule has 0 amide bonds. The fourth-order valence-corrected chi connectivity index (χ4v) is 4.16. The molecule has 0 aliphatic carbocycles. The predicted octanol–water partition coefficient (Wildman–Crippen LogP) is 8.53. The van der Waals surface area contributed by atoms with Crippen molar-refractivity contribution >= 4 is 10.8 Å². The number of hydrogen-bond acceptors (Lipinski definition) is 0. The van der Waals surface area contributed by atoms with Crippen molar-refractivity contribution in [2.45, 2.75) is 38.3 Å². The molecule has 0 saturated carbocycles. The van der Waals surface area contributed by atoms with Gasteiger partial charge in [-0.1, -0.05) is 60.4 Å². The summed E-state index contributed by atoms with van der Waals surface area (Å²) in [5.41, 5.74) is 3.47. The second kappa shape index (κ2) is 11.4. The van der Waals surface area contributed by atoms with Crippen LogP contribution in [0, 0.1) is 23.5 Å². The number of aryl methyl sites for hydroxylation is 3. The summed E-state index contributed by atoms with van der Waals surface area (Å²) in [5.74, 6) is 5.01. The van der Waals surface area contributed by atoms with Crippen molar-refractivity contribution in [1.82, 2.24) is 0 Å². The van der Waals surface area contributed by atoms with Crippen molar-refractivity contribution in [3.8, 4) is 11.8 Å². The Morgan fingerprint density at radius 2 is 1.38 bits per heavy atom. The highest BCUT2D eigenvalue weighted by atomic mass is 19.4. The lowest BCUT2D eigenvalue weighted by molar-refractivity contribution is -0.127. The van der Waals surface area contributed by atoms with Crippen molar-refractivity contribution in [2.75, 3.05) is 0 Å². The highest BCUT2D eigenvalue weighted by Crippen LogP contribution is 2.26. The van der Waals surface area contributed by atoms with E-state index < -0.39 is 24.0 Å². The maximum absolute atomic E-state index is 15.2. The van der Waals surface area contributed by atoms with Crippen molar-refractivity contribution in [3.63, 3.8) is 0 Å². The Morgan fingerprint density at radius 3 is 2.08 bits per heavy atom. The van der Waals surface area contributed by atoms with Crippen molar-refractivity contribution < 1.29 is 22.0 Å². The lowest BCUT2D eigenvalue weighted by Crippen LogP contribution is -2.13. The second-order valence-electron chi connectivity index (χ2n) is 8.97. The smallest absolute Gasteiger partial charge is 0.207 e. The van der Waals surface area contributed by atoms with E-state index in [1.165, 1.54) is 11.6 Å². The third-order valence-electron chi connectivity index (χ3n) is 6.17. The Morgan fingerprint density at radius 1 is 0.703 bits per heavy atom. The number of fused-ring (bicyclic) bond motifs is 1. The summed E-state index contributed by atoms with van der Waals surface area (Å²) in [6.07, 6.45) is -1.42. The zero-order chi connectivity index (χ0) is 26.4. The number of halogens is 5. The number of allylic oxidation sites excluding steroid dienone is 1. The third-order valence-corrected chi connectivity index (χ3v) is 6.17. The van der Waals surface area contributed by atoms with Gasteiger partial charge in [0.1, 0.15) is 11.6 Å². The largest absolute Gasteiger partial charge is 0.393 e. The average molecular weight is 505 g/mol. The predicted molar refractivity (Wildman–Crippen MR) is 138 cm³/mol. The molecule has 0 atom stereocenters. The van der Waals surface area contributed by atoms with Crippen molar-refractivity contribution in [2.24, 2.45) is 0 Å². The minimum Gasteiger partial charge on any atom is -0.207 e. The fourth-order valence-electron chi connectivity index (χ4n) is 4.16. The van der Waals surface area contributed by atoms with E-state index in [4.69, 9.17) is 0 Å². The molecule has 0 heterocycles. The summed E-state index contributed by atoms with van der Waals surface area (Å²) < 4.78 is 66.9. The van der Waals surface area contributed by atoms with Gasteiger partial charge in [0.25, 0.3) is 0 Å². The summed E-state index contributed by atoms with van der Waals surface area (Å²) in [7, 11) is 0. The number of benzene rings is 4. The van der Waals surface area contributed by atoms with Gasteiger partial charge in [-0.3, -0.25) is 0 Å². The van der Waals surface area contributed by atoms with Crippen molar-refractivity contribution in [1.29, 1.82) is 0 Å². The van der Waals surface area contributed by atoms with Crippen LogP contribution in [0.25, 0.3) is 10.8 Å². The van der Waals surface area contributed by atoms with Crippen LogP contribution in [0.2, 0.25) is 0 Å². The van der Waals surface area contributed by atoms with Gasteiger partial charge < -0.3 is 0 Å². The molecular formula is C32H25F5. The molecule has 0 spiro atoms. The van der Waals surface area contributed by atoms with E-state index in [2.05, 4.69) is 30.6 Å². The van der Waals surface area contributed by atoms with Crippen LogP contribution in [0.15, 0.2) is 85.5 Å². The minimum atomic E-state index is -4.47. The van der Waals surface area contributed by atoms with Gasteiger partial charge in [-0.05, 0) is 83.7 Å². The summed E-state index contributed by atoms with van der Waals surface area (Å²) >= 11 is 0. The maximum atomic E-state index is 15.2. The SMILES string of the molecule is C=CCCc1ccc(C#Cc2ccc3c(F)c(CCc4ccc(CC(F)(F)F)c(F)c4)ccc3c2)cc1. The van der Waals surface area contributed by atoms with E-state index >= 15 is 4.39 Å². The number of rotatable bonds is 7. The monoisotopic (exact) mass is 504 g/mol. The fraction of sp³-hybridized carbons (Fsp3) is 0.188. The molecular weight excluding hydrogens is 479 g/mol. The Bertz CT molecular complexity index is 1470. The van der Waals surface area contributed by atoms with Gasteiger partial charge in [0.15, 0.2) is 0 Å². The zero-order valence-electron chi connectivity index (χ0n) is 20.1. The normalized spacial score (nSPS) is 11.3. The highest BCUT2D eigenvalue weighted by molar-refractivity contribution is 5.85. The van der Waals surface area contributed by atoms with Gasteiger partial charge in [-0.15, -0.1) is 6.58 Å². The Hall–Kier alpha value is -3.91. The number of hydrogen-bond donors (Lipinski definition) is 0.